The number of rotatable bonds is 7. The lowest BCUT2D eigenvalue weighted by atomic mass is 9.91. The van der Waals surface area contributed by atoms with Gasteiger partial charge in [0.2, 0.25) is 0 Å². The normalized spacial score (nSPS) is 14.4. The Hall–Kier alpha value is -0.590. The molecule has 2 N–H and O–H groups in total. The van der Waals surface area contributed by atoms with Crippen molar-refractivity contribution >= 4 is 15.9 Å². The van der Waals surface area contributed by atoms with Gasteiger partial charge in [-0.2, -0.15) is 0 Å². The first kappa shape index (κ1) is 16.5. The topological polar surface area (TPSA) is 35.2 Å². The van der Waals surface area contributed by atoms with E-state index in [2.05, 4.69) is 15.9 Å². The summed E-state index contributed by atoms with van der Waals surface area (Å²) >= 11 is 2.96. The van der Waals surface area contributed by atoms with Crippen LogP contribution in [0.25, 0.3) is 0 Å². The van der Waals surface area contributed by atoms with Gasteiger partial charge in [-0.3, -0.25) is 0 Å². The molecule has 6 heteroatoms. The van der Waals surface area contributed by atoms with Crippen LogP contribution in [0.3, 0.4) is 0 Å². The van der Waals surface area contributed by atoms with Crippen molar-refractivity contribution in [3.8, 4) is 0 Å². The third-order valence-corrected chi connectivity index (χ3v) is 3.48. The Labute approximate surface area is 119 Å². The Balaban J connectivity index is 2.99. The molecule has 0 heterocycles. The summed E-state index contributed by atoms with van der Waals surface area (Å²) in [5.74, 6) is -1.53. The summed E-state index contributed by atoms with van der Waals surface area (Å²) in [6.07, 6.45) is 0.151. The van der Waals surface area contributed by atoms with E-state index in [0.29, 0.717) is 13.0 Å². The summed E-state index contributed by atoms with van der Waals surface area (Å²) < 4.78 is 47.0. The molecule has 0 aliphatic heterocycles. The molecule has 0 aromatic heterocycles. The van der Waals surface area contributed by atoms with Crippen molar-refractivity contribution in [2.75, 3.05) is 20.3 Å². The van der Waals surface area contributed by atoms with Crippen LogP contribution in [-0.4, -0.2) is 25.9 Å². The van der Waals surface area contributed by atoms with Gasteiger partial charge in [-0.05, 0) is 47.4 Å². The maximum atomic E-state index is 14.6. The van der Waals surface area contributed by atoms with Crippen LogP contribution in [0.4, 0.5) is 13.2 Å². The molecule has 19 heavy (non-hydrogen) atoms. The number of hydrogen-bond acceptors (Lipinski definition) is 2. The van der Waals surface area contributed by atoms with Gasteiger partial charge in [0.1, 0.15) is 17.3 Å². The molecule has 0 fully saturated rings. The third-order valence-electron chi connectivity index (χ3n) is 2.86. The predicted molar refractivity (Wildman–Crippen MR) is 71.8 cm³/mol. The minimum Gasteiger partial charge on any atom is -0.381 e. The first-order valence-corrected chi connectivity index (χ1v) is 6.73. The number of methoxy groups -OCH3 is 1. The SMILES string of the molecule is COCC(F)(CCCN)Cc1c(F)ccc(Br)c1F. The molecule has 0 radical (unpaired) electrons. The second kappa shape index (κ2) is 7.26. The average Bonchev–Trinajstić information content (AvgIpc) is 2.37. The molecule has 0 aliphatic carbocycles. The minimum absolute atomic E-state index is 0.0999. The third kappa shape index (κ3) is 4.47. The quantitative estimate of drug-likeness (QED) is 0.773. The second-order valence-electron chi connectivity index (χ2n) is 4.47. The molecule has 0 bridgehead atoms. The number of ether oxygens (including phenoxy) is 1. The van der Waals surface area contributed by atoms with Crippen LogP contribution in [-0.2, 0) is 11.2 Å². The zero-order chi connectivity index (χ0) is 14.5. The standard InChI is InChI=1S/C13H17BrF3NO/c1-19-8-13(17,5-2-6-18)7-9-11(15)4-3-10(14)12(9)16/h3-4H,2,5-8,18H2,1H3. The van der Waals surface area contributed by atoms with Crippen molar-refractivity contribution in [2.24, 2.45) is 5.73 Å². The lowest BCUT2D eigenvalue weighted by Crippen LogP contribution is -2.33. The molecular formula is C13H17BrF3NO. The number of halogens is 4. The van der Waals surface area contributed by atoms with Crippen LogP contribution in [0, 0.1) is 11.6 Å². The summed E-state index contributed by atoms with van der Waals surface area (Å²) in [5.41, 5.74) is 3.25. The molecule has 0 spiro atoms. The predicted octanol–water partition coefficient (Wildman–Crippen LogP) is 3.36. The highest BCUT2D eigenvalue weighted by molar-refractivity contribution is 9.10. The van der Waals surface area contributed by atoms with Gasteiger partial charge in [0.25, 0.3) is 0 Å². The molecule has 0 saturated heterocycles. The van der Waals surface area contributed by atoms with Crippen molar-refractivity contribution < 1.29 is 17.9 Å². The van der Waals surface area contributed by atoms with E-state index in [1.54, 1.807) is 0 Å². The van der Waals surface area contributed by atoms with Crippen molar-refractivity contribution in [3.05, 3.63) is 33.8 Å². The fraction of sp³-hybridized carbons (Fsp3) is 0.538. The summed E-state index contributed by atoms with van der Waals surface area (Å²) in [7, 11) is 1.35. The summed E-state index contributed by atoms with van der Waals surface area (Å²) in [4.78, 5) is 0. The van der Waals surface area contributed by atoms with Crippen LogP contribution in [0.15, 0.2) is 16.6 Å². The first-order chi connectivity index (χ1) is 8.93. The Bertz CT molecular complexity index is 431. The molecule has 1 rings (SSSR count). The van der Waals surface area contributed by atoms with Crippen LogP contribution >= 0.6 is 15.9 Å². The lowest BCUT2D eigenvalue weighted by Gasteiger charge is -2.25. The first-order valence-electron chi connectivity index (χ1n) is 5.94. The fourth-order valence-corrected chi connectivity index (χ4v) is 2.31. The highest BCUT2D eigenvalue weighted by Crippen LogP contribution is 2.29. The molecule has 1 atom stereocenters. The van der Waals surface area contributed by atoms with E-state index >= 15 is 0 Å². The Morgan fingerprint density at radius 1 is 1.37 bits per heavy atom. The van der Waals surface area contributed by atoms with Crippen LogP contribution in [0.1, 0.15) is 18.4 Å². The van der Waals surface area contributed by atoms with Crippen LogP contribution < -0.4 is 5.73 Å². The Kier molecular flexibility index (Phi) is 6.29. The zero-order valence-corrected chi connectivity index (χ0v) is 12.3. The van der Waals surface area contributed by atoms with E-state index < -0.39 is 17.3 Å². The summed E-state index contributed by atoms with van der Waals surface area (Å²) in [5, 5.41) is 0. The molecule has 1 aromatic carbocycles. The van der Waals surface area contributed by atoms with E-state index in [0.717, 1.165) is 6.07 Å². The monoisotopic (exact) mass is 339 g/mol. The van der Waals surface area contributed by atoms with Gasteiger partial charge < -0.3 is 10.5 Å². The number of benzene rings is 1. The molecule has 0 aliphatic rings. The molecule has 1 unspecified atom stereocenters. The molecule has 0 amide bonds. The molecule has 108 valence electrons. The number of alkyl halides is 1. The smallest absolute Gasteiger partial charge is 0.143 e. The maximum Gasteiger partial charge on any atom is 0.143 e. The zero-order valence-electron chi connectivity index (χ0n) is 10.7. The molecule has 2 nitrogen and oxygen atoms in total. The van der Waals surface area contributed by atoms with E-state index in [-0.39, 0.29) is 29.5 Å². The van der Waals surface area contributed by atoms with Gasteiger partial charge in [-0.15, -0.1) is 0 Å². The van der Waals surface area contributed by atoms with Crippen molar-refractivity contribution in [1.82, 2.24) is 0 Å². The largest absolute Gasteiger partial charge is 0.381 e. The van der Waals surface area contributed by atoms with Gasteiger partial charge in [-0.25, -0.2) is 13.2 Å². The van der Waals surface area contributed by atoms with Gasteiger partial charge in [-0.1, -0.05) is 0 Å². The molecule has 1 aromatic rings. The number of hydrogen-bond donors (Lipinski definition) is 1. The van der Waals surface area contributed by atoms with Crippen molar-refractivity contribution in [2.45, 2.75) is 24.9 Å². The van der Waals surface area contributed by atoms with Crippen molar-refractivity contribution in [1.29, 1.82) is 0 Å². The van der Waals surface area contributed by atoms with E-state index in [9.17, 15) is 13.2 Å². The van der Waals surface area contributed by atoms with Gasteiger partial charge in [0, 0.05) is 19.1 Å². The minimum atomic E-state index is -1.82. The Morgan fingerprint density at radius 3 is 2.63 bits per heavy atom. The Morgan fingerprint density at radius 2 is 2.05 bits per heavy atom. The molecule has 0 saturated carbocycles. The lowest BCUT2D eigenvalue weighted by molar-refractivity contribution is 0.0322. The maximum absolute atomic E-state index is 14.6. The second-order valence-corrected chi connectivity index (χ2v) is 5.33. The number of nitrogens with two attached hydrogens (primary N) is 1. The van der Waals surface area contributed by atoms with Gasteiger partial charge in [0.05, 0.1) is 11.1 Å². The highest BCUT2D eigenvalue weighted by Gasteiger charge is 2.32. The van der Waals surface area contributed by atoms with Gasteiger partial charge in [0.15, 0.2) is 0 Å². The molecular weight excluding hydrogens is 323 g/mol. The average molecular weight is 340 g/mol. The van der Waals surface area contributed by atoms with Gasteiger partial charge >= 0.3 is 0 Å². The van der Waals surface area contributed by atoms with Crippen LogP contribution in [0.5, 0.6) is 0 Å². The van der Waals surface area contributed by atoms with E-state index in [1.165, 1.54) is 13.2 Å². The van der Waals surface area contributed by atoms with Crippen molar-refractivity contribution in [3.63, 3.8) is 0 Å². The van der Waals surface area contributed by atoms with Crippen LogP contribution in [0.2, 0.25) is 0 Å². The fourth-order valence-electron chi connectivity index (χ4n) is 1.94. The van der Waals surface area contributed by atoms with E-state index in [4.69, 9.17) is 10.5 Å². The highest BCUT2D eigenvalue weighted by atomic mass is 79.9. The summed E-state index contributed by atoms with van der Waals surface area (Å²) in [6.45, 7) is 0.0945. The summed E-state index contributed by atoms with van der Waals surface area (Å²) in [6, 6.07) is 2.36. The van der Waals surface area contributed by atoms with E-state index in [1.807, 2.05) is 0 Å².